The summed E-state index contributed by atoms with van der Waals surface area (Å²) >= 11 is 0. The average Bonchev–Trinajstić information content (AvgIpc) is 2.74. The Morgan fingerprint density at radius 2 is 2.31 bits per heavy atom. The van der Waals surface area contributed by atoms with Crippen LogP contribution in [0.3, 0.4) is 0 Å². The number of carbonyl (C=O) groups is 2. The SMILES string of the molecule is COC(=O)c1cncc(N2CCCC2=O)c1. The molecule has 2 rings (SSSR count). The fourth-order valence-corrected chi connectivity index (χ4v) is 1.73. The second kappa shape index (κ2) is 4.30. The van der Waals surface area contributed by atoms with Crippen LogP contribution in [0.5, 0.6) is 0 Å². The lowest BCUT2D eigenvalue weighted by molar-refractivity contribution is -0.117. The summed E-state index contributed by atoms with van der Waals surface area (Å²) in [6.45, 7) is 0.686. The molecule has 5 nitrogen and oxygen atoms in total. The van der Waals surface area contributed by atoms with E-state index in [1.54, 1.807) is 17.2 Å². The molecule has 0 spiro atoms. The number of rotatable bonds is 2. The molecule has 0 N–H and O–H groups in total. The van der Waals surface area contributed by atoms with E-state index in [4.69, 9.17) is 0 Å². The summed E-state index contributed by atoms with van der Waals surface area (Å²) in [7, 11) is 1.32. The van der Waals surface area contributed by atoms with E-state index < -0.39 is 5.97 Å². The number of amides is 1. The van der Waals surface area contributed by atoms with Crippen molar-refractivity contribution in [3.63, 3.8) is 0 Å². The van der Waals surface area contributed by atoms with Crippen LogP contribution in [0, 0.1) is 0 Å². The highest BCUT2D eigenvalue weighted by molar-refractivity contribution is 5.97. The van der Waals surface area contributed by atoms with E-state index in [-0.39, 0.29) is 5.91 Å². The molecular formula is C11H12N2O3. The number of esters is 1. The number of methoxy groups -OCH3 is 1. The molecule has 1 amide bonds. The summed E-state index contributed by atoms with van der Waals surface area (Å²) in [4.78, 5) is 28.4. The van der Waals surface area contributed by atoms with Crippen molar-refractivity contribution < 1.29 is 14.3 Å². The molecule has 1 aromatic heterocycles. The number of anilines is 1. The van der Waals surface area contributed by atoms with Gasteiger partial charge in [0.1, 0.15) is 0 Å². The van der Waals surface area contributed by atoms with Crippen molar-refractivity contribution in [1.29, 1.82) is 0 Å². The maximum atomic E-state index is 11.5. The average molecular weight is 220 g/mol. The largest absolute Gasteiger partial charge is 0.465 e. The van der Waals surface area contributed by atoms with E-state index >= 15 is 0 Å². The molecule has 2 heterocycles. The van der Waals surface area contributed by atoms with Crippen molar-refractivity contribution in [2.45, 2.75) is 12.8 Å². The van der Waals surface area contributed by atoms with Crippen LogP contribution in [0.4, 0.5) is 5.69 Å². The van der Waals surface area contributed by atoms with Gasteiger partial charge >= 0.3 is 5.97 Å². The highest BCUT2D eigenvalue weighted by atomic mass is 16.5. The lowest BCUT2D eigenvalue weighted by Gasteiger charge is -2.15. The lowest BCUT2D eigenvalue weighted by Crippen LogP contribution is -2.24. The number of hydrogen-bond donors (Lipinski definition) is 0. The zero-order valence-corrected chi connectivity index (χ0v) is 8.97. The van der Waals surface area contributed by atoms with Crippen LogP contribution in [-0.2, 0) is 9.53 Å². The second-order valence-corrected chi connectivity index (χ2v) is 3.57. The van der Waals surface area contributed by atoms with E-state index in [0.29, 0.717) is 24.2 Å². The molecule has 1 aliphatic heterocycles. The molecule has 1 aliphatic rings. The fourth-order valence-electron chi connectivity index (χ4n) is 1.73. The minimum absolute atomic E-state index is 0.0730. The van der Waals surface area contributed by atoms with Crippen molar-refractivity contribution in [2.24, 2.45) is 0 Å². The first kappa shape index (κ1) is 10.6. The van der Waals surface area contributed by atoms with Gasteiger partial charge in [0.25, 0.3) is 0 Å². The van der Waals surface area contributed by atoms with Crippen molar-refractivity contribution in [3.05, 3.63) is 24.0 Å². The summed E-state index contributed by atoms with van der Waals surface area (Å²) in [5, 5.41) is 0. The molecule has 0 unspecified atom stereocenters. The van der Waals surface area contributed by atoms with Crippen molar-refractivity contribution in [1.82, 2.24) is 4.98 Å². The van der Waals surface area contributed by atoms with E-state index in [0.717, 1.165) is 6.42 Å². The van der Waals surface area contributed by atoms with E-state index in [9.17, 15) is 9.59 Å². The second-order valence-electron chi connectivity index (χ2n) is 3.57. The van der Waals surface area contributed by atoms with Crippen LogP contribution in [0.1, 0.15) is 23.2 Å². The molecule has 5 heteroatoms. The quantitative estimate of drug-likeness (QED) is 0.697. The molecule has 16 heavy (non-hydrogen) atoms. The van der Waals surface area contributed by atoms with Crippen molar-refractivity contribution in [3.8, 4) is 0 Å². The van der Waals surface area contributed by atoms with Gasteiger partial charge in [0.2, 0.25) is 5.91 Å². The topological polar surface area (TPSA) is 59.5 Å². The molecule has 0 radical (unpaired) electrons. The summed E-state index contributed by atoms with van der Waals surface area (Å²) in [5.41, 5.74) is 1.02. The Bertz CT molecular complexity index is 431. The Balaban J connectivity index is 2.28. The normalized spacial score (nSPS) is 15.3. The van der Waals surface area contributed by atoms with Crippen LogP contribution in [0.2, 0.25) is 0 Å². The summed E-state index contributed by atoms with van der Waals surface area (Å²) in [5.74, 6) is -0.371. The van der Waals surface area contributed by atoms with Gasteiger partial charge in [-0.15, -0.1) is 0 Å². The first-order valence-corrected chi connectivity index (χ1v) is 5.06. The monoisotopic (exact) mass is 220 g/mol. The molecular weight excluding hydrogens is 208 g/mol. The first-order valence-electron chi connectivity index (χ1n) is 5.06. The Morgan fingerprint density at radius 3 is 2.94 bits per heavy atom. The molecule has 0 aromatic carbocycles. The Kier molecular flexibility index (Phi) is 2.85. The Morgan fingerprint density at radius 1 is 1.50 bits per heavy atom. The van der Waals surface area contributed by atoms with Crippen molar-refractivity contribution >= 4 is 17.6 Å². The van der Waals surface area contributed by atoms with Gasteiger partial charge in [-0.05, 0) is 12.5 Å². The molecule has 0 aliphatic carbocycles. The molecule has 0 saturated carbocycles. The highest BCUT2D eigenvalue weighted by Gasteiger charge is 2.22. The molecule has 1 aromatic rings. The van der Waals surface area contributed by atoms with Crippen LogP contribution in [0.25, 0.3) is 0 Å². The molecule has 0 bridgehead atoms. The Hall–Kier alpha value is -1.91. The minimum atomic E-state index is -0.444. The van der Waals surface area contributed by atoms with Gasteiger partial charge in [0, 0.05) is 19.2 Å². The molecule has 1 fully saturated rings. The molecule has 0 atom stereocenters. The van der Waals surface area contributed by atoms with Gasteiger partial charge in [-0.3, -0.25) is 9.78 Å². The predicted molar refractivity (Wildman–Crippen MR) is 57.2 cm³/mol. The minimum Gasteiger partial charge on any atom is -0.465 e. The van der Waals surface area contributed by atoms with Crippen molar-refractivity contribution in [2.75, 3.05) is 18.6 Å². The third-order valence-corrected chi connectivity index (χ3v) is 2.53. The van der Waals surface area contributed by atoms with Crippen LogP contribution < -0.4 is 4.90 Å². The fraction of sp³-hybridized carbons (Fsp3) is 0.364. The van der Waals surface area contributed by atoms with Gasteiger partial charge in [0.05, 0.1) is 24.6 Å². The van der Waals surface area contributed by atoms with Gasteiger partial charge in [-0.2, -0.15) is 0 Å². The van der Waals surface area contributed by atoms with Crippen LogP contribution in [-0.4, -0.2) is 30.5 Å². The highest BCUT2D eigenvalue weighted by Crippen LogP contribution is 2.21. The van der Waals surface area contributed by atoms with Crippen LogP contribution in [0.15, 0.2) is 18.5 Å². The van der Waals surface area contributed by atoms with E-state index in [2.05, 4.69) is 9.72 Å². The summed E-state index contributed by atoms with van der Waals surface area (Å²) in [6, 6.07) is 1.63. The number of aromatic nitrogens is 1. The summed E-state index contributed by atoms with van der Waals surface area (Å²) in [6.07, 6.45) is 4.41. The maximum absolute atomic E-state index is 11.5. The van der Waals surface area contributed by atoms with Gasteiger partial charge < -0.3 is 9.64 Å². The number of carbonyl (C=O) groups excluding carboxylic acids is 2. The maximum Gasteiger partial charge on any atom is 0.339 e. The number of hydrogen-bond acceptors (Lipinski definition) is 4. The Labute approximate surface area is 93.0 Å². The zero-order chi connectivity index (χ0) is 11.5. The smallest absolute Gasteiger partial charge is 0.339 e. The first-order chi connectivity index (χ1) is 7.72. The number of ether oxygens (including phenoxy) is 1. The lowest BCUT2D eigenvalue weighted by atomic mass is 10.2. The van der Waals surface area contributed by atoms with E-state index in [1.165, 1.54) is 13.3 Å². The molecule has 84 valence electrons. The number of pyridine rings is 1. The predicted octanol–water partition coefficient (Wildman–Crippen LogP) is 0.995. The van der Waals surface area contributed by atoms with Gasteiger partial charge in [0.15, 0.2) is 0 Å². The molecule has 1 saturated heterocycles. The van der Waals surface area contributed by atoms with Gasteiger partial charge in [-0.25, -0.2) is 4.79 Å². The van der Waals surface area contributed by atoms with Gasteiger partial charge in [-0.1, -0.05) is 0 Å². The van der Waals surface area contributed by atoms with E-state index in [1.807, 2.05) is 0 Å². The third kappa shape index (κ3) is 1.88. The summed E-state index contributed by atoms with van der Waals surface area (Å²) < 4.78 is 4.60. The third-order valence-electron chi connectivity index (χ3n) is 2.53. The van der Waals surface area contributed by atoms with Crippen LogP contribution >= 0.6 is 0 Å². The standard InChI is InChI=1S/C11H12N2O3/c1-16-11(15)8-5-9(7-12-6-8)13-4-2-3-10(13)14/h5-7H,2-4H2,1H3. The zero-order valence-electron chi connectivity index (χ0n) is 8.97. The number of nitrogens with zero attached hydrogens (tertiary/aromatic N) is 2.